The molecule has 4 N–H and O–H groups in total. The van der Waals surface area contributed by atoms with Crippen LogP contribution in [0.2, 0.25) is 0 Å². The third kappa shape index (κ3) is 3.81. The van der Waals surface area contributed by atoms with E-state index in [-0.39, 0.29) is 11.3 Å². The number of halogens is 1. The first-order valence-corrected chi connectivity index (χ1v) is 12.1. The average molecular weight is 545 g/mol. The van der Waals surface area contributed by atoms with Gasteiger partial charge in [0, 0.05) is 16.1 Å². The van der Waals surface area contributed by atoms with Crippen molar-refractivity contribution in [3.63, 3.8) is 0 Å². The van der Waals surface area contributed by atoms with Crippen LogP contribution in [0.15, 0.2) is 40.9 Å². The van der Waals surface area contributed by atoms with E-state index in [2.05, 4.69) is 21.2 Å². The molecule has 35 heavy (non-hydrogen) atoms. The van der Waals surface area contributed by atoms with Crippen molar-refractivity contribution in [3.8, 4) is 5.75 Å². The number of amides is 2. The molecule has 2 aliphatic rings. The molecule has 2 fully saturated rings. The van der Waals surface area contributed by atoms with Gasteiger partial charge in [0.15, 0.2) is 0 Å². The zero-order chi connectivity index (χ0) is 25.7. The number of carbonyl (C=O) groups is 4. The molecular weight excluding hydrogens is 520 g/mol. The summed E-state index contributed by atoms with van der Waals surface area (Å²) in [5.74, 6) is -7.28. The molecule has 2 amide bonds. The van der Waals surface area contributed by atoms with Crippen molar-refractivity contribution in [2.45, 2.75) is 44.7 Å². The summed E-state index contributed by atoms with van der Waals surface area (Å²) in [6.07, 6.45) is 0.142. The quantitative estimate of drug-likeness (QED) is 0.389. The van der Waals surface area contributed by atoms with Crippen molar-refractivity contribution in [2.24, 2.45) is 11.8 Å². The number of hydrogen-bond donors (Lipinski definition) is 4. The fourth-order valence-electron chi connectivity index (χ4n) is 5.44. The van der Waals surface area contributed by atoms with Crippen LogP contribution in [-0.2, 0) is 32.0 Å². The maximum absolute atomic E-state index is 13.9. The van der Waals surface area contributed by atoms with Gasteiger partial charge in [-0.15, -0.1) is 0 Å². The number of aliphatic carboxylic acids is 2. The van der Waals surface area contributed by atoms with Crippen LogP contribution in [0.3, 0.4) is 0 Å². The Hall–Kier alpha value is -3.24. The van der Waals surface area contributed by atoms with Gasteiger partial charge in [0.05, 0.1) is 23.9 Å². The Morgan fingerprint density at radius 1 is 1.06 bits per heavy atom. The first-order valence-electron chi connectivity index (χ1n) is 11.3. The minimum atomic E-state index is -2.25. The van der Waals surface area contributed by atoms with Gasteiger partial charge in [-0.1, -0.05) is 48.0 Å². The van der Waals surface area contributed by atoms with Crippen molar-refractivity contribution in [3.05, 3.63) is 57.6 Å². The summed E-state index contributed by atoms with van der Waals surface area (Å²) in [5.41, 5.74) is -0.121. The zero-order valence-corrected chi connectivity index (χ0v) is 20.7. The molecule has 2 aromatic carbocycles. The van der Waals surface area contributed by atoms with Crippen molar-refractivity contribution in [1.29, 1.82) is 0 Å². The van der Waals surface area contributed by atoms with Crippen LogP contribution >= 0.6 is 15.9 Å². The summed E-state index contributed by atoms with van der Waals surface area (Å²) in [7, 11) is 0. The Morgan fingerprint density at radius 3 is 2.23 bits per heavy atom. The molecule has 2 saturated heterocycles. The van der Waals surface area contributed by atoms with Crippen LogP contribution in [0.5, 0.6) is 5.75 Å². The largest absolute Gasteiger partial charge is 0.508 e. The number of aryl methyl sites for hydroxylation is 2. The second-order valence-electron chi connectivity index (χ2n) is 8.82. The monoisotopic (exact) mass is 544 g/mol. The molecule has 0 saturated carbocycles. The molecule has 0 radical (unpaired) electrons. The second kappa shape index (κ2) is 9.09. The lowest BCUT2D eigenvalue weighted by atomic mass is 9.77. The van der Waals surface area contributed by atoms with Crippen LogP contribution in [0.4, 0.5) is 5.69 Å². The summed E-state index contributed by atoms with van der Waals surface area (Å²) >= 11 is 3.32. The SMILES string of the molecule is CCc1cccc(CC)c1N1C(=O)C2C(c3cc(Br)ccc3O)NC(CC(=O)O)(C(=O)O)C2C1=O. The van der Waals surface area contributed by atoms with Gasteiger partial charge in [0.2, 0.25) is 11.8 Å². The Labute approximate surface area is 209 Å². The van der Waals surface area contributed by atoms with Gasteiger partial charge in [-0.25, -0.2) is 4.90 Å². The van der Waals surface area contributed by atoms with Gasteiger partial charge < -0.3 is 15.3 Å². The first kappa shape index (κ1) is 24.9. The molecule has 4 rings (SSSR count). The van der Waals surface area contributed by atoms with E-state index in [1.54, 1.807) is 18.2 Å². The highest BCUT2D eigenvalue weighted by atomic mass is 79.9. The fourth-order valence-corrected chi connectivity index (χ4v) is 5.82. The number of aromatic hydroxyl groups is 1. The molecule has 0 aliphatic carbocycles. The number of nitrogens with one attached hydrogen (secondary N) is 1. The molecule has 184 valence electrons. The predicted octanol–water partition coefficient (Wildman–Crippen LogP) is 3.03. The Balaban J connectivity index is 1.96. The lowest BCUT2D eigenvalue weighted by molar-refractivity contribution is -0.154. The number of rotatable bonds is 7. The lowest BCUT2D eigenvalue weighted by Crippen LogP contribution is -2.57. The van der Waals surface area contributed by atoms with E-state index < -0.39 is 53.6 Å². The molecule has 4 unspecified atom stereocenters. The first-order chi connectivity index (χ1) is 16.6. The van der Waals surface area contributed by atoms with Gasteiger partial charge >= 0.3 is 11.9 Å². The number of carbonyl (C=O) groups excluding carboxylic acids is 2. The molecule has 4 atom stereocenters. The number of carboxylic acids is 2. The molecule has 0 bridgehead atoms. The van der Waals surface area contributed by atoms with E-state index in [9.17, 15) is 34.5 Å². The number of carboxylic acid groups (broad SMARTS) is 2. The van der Waals surface area contributed by atoms with Crippen LogP contribution < -0.4 is 10.2 Å². The number of nitrogens with zero attached hydrogens (tertiary/aromatic N) is 1. The van der Waals surface area contributed by atoms with Crippen molar-refractivity contribution >= 4 is 45.4 Å². The van der Waals surface area contributed by atoms with Gasteiger partial charge in [-0.3, -0.25) is 24.5 Å². The molecule has 9 nitrogen and oxygen atoms in total. The summed E-state index contributed by atoms with van der Waals surface area (Å²) in [6, 6.07) is 8.83. The molecule has 2 aliphatic heterocycles. The Morgan fingerprint density at radius 2 is 1.69 bits per heavy atom. The zero-order valence-electron chi connectivity index (χ0n) is 19.1. The minimum absolute atomic E-state index is 0.199. The lowest BCUT2D eigenvalue weighted by Gasteiger charge is -2.30. The number of phenolic OH excluding ortho intramolecular Hbond substituents is 1. The highest BCUT2D eigenvalue weighted by Crippen LogP contribution is 2.53. The van der Waals surface area contributed by atoms with E-state index in [4.69, 9.17) is 0 Å². The van der Waals surface area contributed by atoms with Crippen LogP contribution in [0, 0.1) is 11.8 Å². The van der Waals surface area contributed by atoms with E-state index in [0.717, 1.165) is 16.0 Å². The van der Waals surface area contributed by atoms with Crippen molar-refractivity contribution in [1.82, 2.24) is 5.32 Å². The van der Waals surface area contributed by atoms with Gasteiger partial charge in [-0.2, -0.15) is 0 Å². The highest BCUT2D eigenvalue weighted by molar-refractivity contribution is 9.10. The summed E-state index contributed by atoms with van der Waals surface area (Å²) in [5, 5.41) is 33.2. The van der Waals surface area contributed by atoms with Crippen LogP contribution in [0.25, 0.3) is 0 Å². The molecule has 0 aromatic heterocycles. The molecule has 2 aromatic rings. The molecule has 10 heteroatoms. The summed E-state index contributed by atoms with van der Waals surface area (Å²) in [6.45, 7) is 3.78. The third-order valence-electron chi connectivity index (χ3n) is 6.98. The normalized spacial score (nSPS) is 25.7. The maximum atomic E-state index is 13.9. The van der Waals surface area contributed by atoms with E-state index in [1.807, 2.05) is 19.9 Å². The number of benzene rings is 2. The average Bonchev–Trinajstić information content (AvgIpc) is 3.28. The molecular formula is C25H25BrN2O7. The number of para-hydroxylation sites is 1. The van der Waals surface area contributed by atoms with E-state index >= 15 is 0 Å². The van der Waals surface area contributed by atoms with Gasteiger partial charge in [0.1, 0.15) is 11.3 Å². The molecule has 0 spiro atoms. The summed E-state index contributed by atoms with van der Waals surface area (Å²) in [4.78, 5) is 53.3. The molecule has 2 heterocycles. The third-order valence-corrected chi connectivity index (χ3v) is 7.47. The smallest absolute Gasteiger partial charge is 0.325 e. The Bertz CT molecular complexity index is 1220. The van der Waals surface area contributed by atoms with Gasteiger partial charge in [0.25, 0.3) is 0 Å². The van der Waals surface area contributed by atoms with Crippen LogP contribution in [-0.4, -0.2) is 44.6 Å². The fraction of sp³-hybridized carbons (Fsp3) is 0.360. The van der Waals surface area contributed by atoms with Crippen LogP contribution in [0.1, 0.15) is 43.0 Å². The minimum Gasteiger partial charge on any atom is -0.508 e. The maximum Gasteiger partial charge on any atom is 0.325 e. The highest BCUT2D eigenvalue weighted by Gasteiger charge is 2.69. The number of hydrogen-bond acceptors (Lipinski definition) is 6. The number of fused-ring (bicyclic) bond motifs is 1. The summed E-state index contributed by atoms with van der Waals surface area (Å²) < 4.78 is 0.563. The van der Waals surface area contributed by atoms with E-state index in [0.29, 0.717) is 23.0 Å². The number of imide groups is 1. The number of phenols is 1. The van der Waals surface area contributed by atoms with Crippen molar-refractivity contribution in [2.75, 3.05) is 4.90 Å². The van der Waals surface area contributed by atoms with E-state index in [1.165, 1.54) is 12.1 Å². The Kier molecular flexibility index (Phi) is 6.46. The van der Waals surface area contributed by atoms with Gasteiger partial charge in [-0.05, 0) is 42.2 Å². The second-order valence-corrected chi connectivity index (χ2v) is 9.74. The predicted molar refractivity (Wildman–Crippen MR) is 129 cm³/mol. The van der Waals surface area contributed by atoms with Crippen molar-refractivity contribution < 1.29 is 34.5 Å². The number of anilines is 1. The topological polar surface area (TPSA) is 144 Å². The standard InChI is InChI=1S/C25H25BrN2O7/c1-3-12-6-5-7-13(4-2)21(12)28-22(32)18-19(23(28)33)25(24(34)35,11-17(30)31)27-20(18)15-10-14(26)8-9-16(15)29/h5-10,18-20,27,29H,3-4,11H2,1-2H3,(H,30,31)(H,34,35).